The van der Waals surface area contributed by atoms with Gasteiger partial charge in [0.2, 0.25) is 11.8 Å². The number of methoxy groups -OCH3 is 1. The first-order chi connectivity index (χ1) is 13.2. The van der Waals surface area contributed by atoms with Gasteiger partial charge in [0.25, 0.3) is 0 Å². The van der Waals surface area contributed by atoms with Crippen LogP contribution in [-0.4, -0.2) is 60.8 Å². The Bertz CT molecular complexity index is 791. The molecule has 2 aliphatic rings. The van der Waals surface area contributed by atoms with Crippen LogP contribution in [0.5, 0.6) is 0 Å². The Hall–Kier alpha value is -2.41. The van der Waals surface area contributed by atoms with Crippen LogP contribution in [-0.2, 0) is 22.4 Å². The number of hydrogen-bond acceptors (Lipinski definition) is 6. The zero-order valence-electron chi connectivity index (χ0n) is 15.8. The second-order valence-electron chi connectivity index (χ2n) is 7.27. The number of hydrogen-bond donors (Lipinski definition) is 0. The molecule has 1 saturated heterocycles. The van der Waals surface area contributed by atoms with Gasteiger partial charge in [-0.1, -0.05) is 23.4 Å². The van der Waals surface area contributed by atoms with E-state index in [2.05, 4.69) is 33.2 Å². The van der Waals surface area contributed by atoms with Gasteiger partial charge in [-0.05, 0) is 30.9 Å². The Kier molecular flexibility index (Phi) is 5.38. The highest BCUT2D eigenvalue weighted by Gasteiger charge is 2.30. The molecule has 2 aliphatic heterocycles. The van der Waals surface area contributed by atoms with Crippen LogP contribution in [0, 0.1) is 0 Å². The van der Waals surface area contributed by atoms with Gasteiger partial charge in [0.15, 0.2) is 5.82 Å². The first-order valence-corrected chi connectivity index (χ1v) is 9.66. The summed E-state index contributed by atoms with van der Waals surface area (Å²) in [5.74, 6) is 1.61. The number of nitrogens with zero attached hydrogens (tertiary/aromatic N) is 4. The maximum Gasteiger partial charge on any atom is 0.242 e. The van der Waals surface area contributed by atoms with Crippen LogP contribution in [0.1, 0.15) is 36.0 Å². The largest absolute Gasteiger partial charge is 0.384 e. The molecule has 1 amide bonds. The Morgan fingerprint density at radius 1 is 1.33 bits per heavy atom. The lowest BCUT2D eigenvalue weighted by Gasteiger charge is -2.32. The summed E-state index contributed by atoms with van der Waals surface area (Å²) in [5, 5.41) is 4.03. The minimum atomic E-state index is 0.123. The monoisotopic (exact) mass is 370 g/mol. The number of anilines is 1. The first-order valence-electron chi connectivity index (χ1n) is 9.66. The van der Waals surface area contributed by atoms with Crippen LogP contribution in [0.25, 0.3) is 0 Å². The lowest BCUT2D eigenvalue weighted by molar-refractivity contribution is -0.131. The van der Waals surface area contributed by atoms with E-state index in [9.17, 15) is 4.79 Å². The average Bonchev–Trinajstić information content (AvgIpc) is 3.34. The van der Waals surface area contributed by atoms with Crippen LogP contribution < -0.4 is 4.90 Å². The summed E-state index contributed by atoms with van der Waals surface area (Å²) < 4.78 is 10.5. The quantitative estimate of drug-likeness (QED) is 0.775. The fourth-order valence-corrected chi connectivity index (χ4v) is 3.97. The zero-order chi connectivity index (χ0) is 18.6. The van der Waals surface area contributed by atoms with E-state index < -0.39 is 0 Å². The SMILES string of the molecule is COCCc1noc(C2CCCN(C(=O)CN3CCc4ccccc43)C2)n1. The number of carbonyl (C=O) groups is 1. The third-order valence-electron chi connectivity index (χ3n) is 5.45. The van der Waals surface area contributed by atoms with Crippen LogP contribution >= 0.6 is 0 Å². The van der Waals surface area contributed by atoms with E-state index in [-0.39, 0.29) is 11.8 Å². The van der Waals surface area contributed by atoms with Gasteiger partial charge in [-0.15, -0.1) is 0 Å². The van der Waals surface area contributed by atoms with Crippen molar-refractivity contribution in [2.24, 2.45) is 0 Å². The maximum atomic E-state index is 12.9. The summed E-state index contributed by atoms with van der Waals surface area (Å²) in [5.41, 5.74) is 2.52. The second-order valence-corrected chi connectivity index (χ2v) is 7.27. The lowest BCUT2D eigenvalue weighted by Crippen LogP contribution is -2.44. The summed E-state index contributed by atoms with van der Waals surface area (Å²) >= 11 is 0. The normalized spacial score (nSPS) is 19.4. The average molecular weight is 370 g/mol. The third kappa shape index (κ3) is 3.98. The number of piperidine rings is 1. The molecule has 4 rings (SSSR count). The molecule has 0 N–H and O–H groups in total. The number of fused-ring (bicyclic) bond motifs is 1. The molecule has 27 heavy (non-hydrogen) atoms. The van der Waals surface area contributed by atoms with Gasteiger partial charge in [0.05, 0.1) is 19.1 Å². The van der Waals surface area contributed by atoms with Crippen LogP contribution in [0.4, 0.5) is 5.69 Å². The molecule has 1 fully saturated rings. The van der Waals surface area contributed by atoms with Crippen molar-refractivity contribution >= 4 is 11.6 Å². The smallest absolute Gasteiger partial charge is 0.242 e. The number of aromatic nitrogens is 2. The van der Waals surface area contributed by atoms with E-state index in [1.54, 1.807) is 7.11 Å². The van der Waals surface area contributed by atoms with E-state index in [4.69, 9.17) is 9.26 Å². The van der Waals surface area contributed by atoms with Gasteiger partial charge in [0.1, 0.15) is 0 Å². The molecule has 7 nitrogen and oxygen atoms in total. The maximum absolute atomic E-state index is 12.9. The number of rotatable bonds is 6. The number of ether oxygens (including phenoxy) is 1. The molecule has 0 saturated carbocycles. The van der Waals surface area contributed by atoms with E-state index in [1.807, 2.05) is 11.0 Å². The molecule has 1 atom stereocenters. The van der Waals surface area contributed by atoms with Gasteiger partial charge in [-0.2, -0.15) is 4.98 Å². The molecule has 1 aromatic carbocycles. The van der Waals surface area contributed by atoms with Gasteiger partial charge < -0.3 is 19.1 Å². The standard InChI is InChI=1S/C20H26N4O3/c1-26-12-9-18-21-20(27-22-18)16-6-4-10-24(13-16)19(25)14-23-11-8-15-5-2-3-7-17(15)23/h2-3,5,7,16H,4,6,8-14H2,1H3. The van der Waals surface area contributed by atoms with E-state index in [1.165, 1.54) is 11.3 Å². The number of para-hydroxylation sites is 1. The summed E-state index contributed by atoms with van der Waals surface area (Å²) in [4.78, 5) is 21.5. The van der Waals surface area contributed by atoms with Crippen molar-refractivity contribution in [3.8, 4) is 0 Å². The topological polar surface area (TPSA) is 71.7 Å². The molecule has 1 unspecified atom stereocenters. The predicted molar refractivity (Wildman–Crippen MR) is 101 cm³/mol. The zero-order valence-corrected chi connectivity index (χ0v) is 15.8. The Morgan fingerprint density at radius 3 is 3.11 bits per heavy atom. The van der Waals surface area contributed by atoms with Crippen molar-refractivity contribution in [2.75, 3.05) is 44.8 Å². The van der Waals surface area contributed by atoms with E-state index >= 15 is 0 Å². The molecule has 0 spiro atoms. The Morgan fingerprint density at radius 2 is 2.22 bits per heavy atom. The summed E-state index contributed by atoms with van der Waals surface area (Å²) in [6.07, 6.45) is 3.59. The van der Waals surface area contributed by atoms with Crippen LogP contribution in [0.3, 0.4) is 0 Å². The second kappa shape index (κ2) is 8.08. The molecular formula is C20H26N4O3. The number of carbonyl (C=O) groups excluding carboxylic acids is 1. The van der Waals surface area contributed by atoms with Crippen molar-refractivity contribution in [2.45, 2.75) is 31.6 Å². The van der Waals surface area contributed by atoms with Gasteiger partial charge >= 0.3 is 0 Å². The lowest BCUT2D eigenvalue weighted by atomic mass is 9.98. The predicted octanol–water partition coefficient (Wildman–Crippen LogP) is 2.03. The molecular weight excluding hydrogens is 344 g/mol. The minimum Gasteiger partial charge on any atom is -0.384 e. The summed E-state index contributed by atoms with van der Waals surface area (Å²) in [6.45, 7) is 3.38. The van der Waals surface area contributed by atoms with Gasteiger partial charge in [-0.3, -0.25) is 4.79 Å². The molecule has 3 heterocycles. The van der Waals surface area contributed by atoms with Gasteiger partial charge in [-0.25, -0.2) is 0 Å². The Balaban J connectivity index is 1.37. The van der Waals surface area contributed by atoms with Crippen molar-refractivity contribution in [3.63, 3.8) is 0 Å². The van der Waals surface area contributed by atoms with Crippen LogP contribution in [0.2, 0.25) is 0 Å². The van der Waals surface area contributed by atoms with Crippen LogP contribution in [0.15, 0.2) is 28.8 Å². The summed E-state index contributed by atoms with van der Waals surface area (Å²) in [6, 6.07) is 8.35. The molecule has 2 aromatic rings. The van der Waals surface area contributed by atoms with Crippen molar-refractivity contribution in [1.82, 2.24) is 15.0 Å². The van der Waals surface area contributed by atoms with Gasteiger partial charge in [0, 0.05) is 38.9 Å². The fourth-order valence-electron chi connectivity index (χ4n) is 3.97. The number of benzene rings is 1. The van der Waals surface area contributed by atoms with E-state index in [0.29, 0.717) is 37.8 Å². The highest BCUT2D eigenvalue weighted by atomic mass is 16.5. The van der Waals surface area contributed by atoms with Crippen molar-refractivity contribution < 1.29 is 14.1 Å². The molecule has 1 aromatic heterocycles. The highest BCUT2D eigenvalue weighted by molar-refractivity contribution is 5.82. The molecule has 0 bridgehead atoms. The number of amides is 1. The van der Waals surface area contributed by atoms with Crippen molar-refractivity contribution in [3.05, 3.63) is 41.5 Å². The minimum absolute atomic E-state index is 0.123. The molecule has 0 radical (unpaired) electrons. The highest BCUT2D eigenvalue weighted by Crippen LogP contribution is 2.29. The first kappa shape index (κ1) is 18.0. The third-order valence-corrected chi connectivity index (χ3v) is 5.45. The fraction of sp³-hybridized carbons (Fsp3) is 0.550. The summed E-state index contributed by atoms with van der Waals surface area (Å²) in [7, 11) is 1.66. The molecule has 144 valence electrons. The van der Waals surface area contributed by atoms with E-state index in [0.717, 1.165) is 32.4 Å². The molecule has 7 heteroatoms. The van der Waals surface area contributed by atoms with Crippen molar-refractivity contribution in [1.29, 1.82) is 0 Å². The number of likely N-dealkylation sites (tertiary alicyclic amines) is 1. The Labute approximate surface area is 159 Å². The molecule has 0 aliphatic carbocycles.